The second-order valence-electron chi connectivity index (χ2n) is 3.10. The van der Waals surface area contributed by atoms with Gasteiger partial charge in [0.1, 0.15) is 6.29 Å². The number of carbonyl (C=O) groups excluding carboxylic acids is 1. The number of fused-ring (bicyclic) bond motifs is 1. The van der Waals surface area contributed by atoms with Gasteiger partial charge in [-0.05, 0) is 24.3 Å². The van der Waals surface area contributed by atoms with Gasteiger partial charge in [0.25, 0.3) is 0 Å². The first kappa shape index (κ1) is 10.1. The first-order chi connectivity index (χ1) is 7.31. The van der Waals surface area contributed by atoms with E-state index in [2.05, 4.69) is 26.1 Å². The van der Waals surface area contributed by atoms with Crippen molar-refractivity contribution in [1.82, 2.24) is 10.2 Å². The molecule has 0 atom stereocenters. The summed E-state index contributed by atoms with van der Waals surface area (Å²) in [6.07, 6.45) is 4.93. The molecule has 0 fully saturated rings. The van der Waals surface area contributed by atoms with E-state index < -0.39 is 0 Å². The first-order valence-corrected chi connectivity index (χ1v) is 5.34. The van der Waals surface area contributed by atoms with Gasteiger partial charge in [0, 0.05) is 16.3 Å². The average molecular weight is 265 g/mol. The van der Waals surface area contributed by atoms with Gasteiger partial charge in [0.15, 0.2) is 0 Å². The Bertz CT molecular complexity index is 516. The van der Waals surface area contributed by atoms with Gasteiger partial charge in [-0.2, -0.15) is 5.10 Å². The van der Waals surface area contributed by atoms with Crippen molar-refractivity contribution in [3.05, 3.63) is 34.4 Å². The quantitative estimate of drug-likeness (QED) is 0.867. The van der Waals surface area contributed by atoms with Gasteiger partial charge in [-0.3, -0.25) is 5.10 Å². The molecule has 2 aromatic rings. The summed E-state index contributed by atoms with van der Waals surface area (Å²) < 4.78 is 1.02. The lowest BCUT2D eigenvalue weighted by atomic mass is 10.2. The third kappa shape index (κ3) is 2.15. The van der Waals surface area contributed by atoms with Crippen molar-refractivity contribution in [3.8, 4) is 0 Å². The van der Waals surface area contributed by atoms with Gasteiger partial charge in [-0.15, -0.1) is 0 Å². The number of H-pyrrole nitrogens is 1. The van der Waals surface area contributed by atoms with Gasteiger partial charge < -0.3 is 4.79 Å². The van der Waals surface area contributed by atoms with Gasteiger partial charge >= 0.3 is 0 Å². The van der Waals surface area contributed by atoms with Crippen LogP contribution in [0.2, 0.25) is 0 Å². The fourth-order valence-corrected chi connectivity index (χ4v) is 1.74. The highest BCUT2D eigenvalue weighted by Gasteiger charge is 2.01. The number of aromatic amines is 1. The van der Waals surface area contributed by atoms with Crippen LogP contribution in [0, 0.1) is 0 Å². The van der Waals surface area contributed by atoms with Crippen LogP contribution in [0.1, 0.15) is 12.1 Å². The fraction of sp³-hybridized carbons (Fsp3) is 0.0909. The Kier molecular flexibility index (Phi) is 2.97. The van der Waals surface area contributed by atoms with Crippen molar-refractivity contribution in [2.75, 3.05) is 0 Å². The maximum absolute atomic E-state index is 10.2. The van der Waals surface area contributed by atoms with Crippen LogP contribution in [-0.4, -0.2) is 16.5 Å². The molecule has 0 unspecified atom stereocenters. The highest BCUT2D eigenvalue weighted by molar-refractivity contribution is 9.10. The molecule has 76 valence electrons. The fourth-order valence-electron chi connectivity index (χ4n) is 1.38. The maximum Gasteiger partial charge on any atom is 0.123 e. The molecule has 0 saturated heterocycles. The van der Waals surface area contributed by atoms with Gasteiger partial charge in [0.05, 0.1) is 11.2 Å². The predicted molar refractivity (Wildman–Crippen MR) is 63.5 cm³/mol. The molecule has 0 amide bonds. The van der Waals surface area contributed by atoms with Crippen molar-refractivity contribution in [1.29, 1.82) is 0 Å². The molecule has 0 bridgehead atoms. The Morgan fingerprint density at radius 2 is 2.33 bits per heavy atom. The lowest BCUT2D eigenvalue weighted by Crippen LogP contribution is -1.73. The molecular formula is C11H9BrN2O. The smallest absolute Gasteiger partial charge is 0.123 e. The van der Waals surface area contributed by atoms with Crippen LogP contribution in [0.5, 0.6) is 0 Å². The van der Waals surface area contributed by atoms with Crippen LogP contribution in [0.4, 0.5) is 0 Å². The summed E-state index contributed by atoms with van der Waals surface area (Å²) in [5.74, 6) is 0. The second kappa shape index (κ2) is 4.40. The zero-order valence-corrected chi connectivity index (χ0v) is 9.49. The molecule has 4 heteroatoms. The molecule has 3 nitrogen and oxygen atoms in total. The van der Waals surface area contributed by atoms with Crippen molar-refractivity contribution in [2.24, 2.45) is 0 Å². The largest absolute Gasteiger partial charge is 0.303 e. The lowest BCUT2D eigenvalue weighted by Gasteiger charge is -1.90. The van der Waals surface area contributed by atoms with Crippen LogP contribution in [-0.2, 0) is 4.79 Å². The number of nitrogens with one attached hydrogen (secondary N) is 1. The van der Waals surface area contributed by atoms with E-state index in [1.807, 2.05) is 24.3 Å². The Hall–Kier alpha value is -1.42. The average Bonchev–Trinajstić information content (AvgIpc) is 2.61. The van der Waals surface area contributed by atoms with Gasteiger partial charge in [-0.25, -0.2) is 0 Å². The Morgan fingerprint density at radius 3 is 3.13 bits per heavy atom. The summed E-state index contributed by atoms with van der Waals surface area (Å²) in [7, 11) is 0. The van der Waals surface area contributed by atoms with Gasteiger partial charge in [-0.1, -0.05) is 22.0 Å². The van der Waals surface area contributed by atoms with Crippen molar-refractivity contribution >= 4 is 39.2 Å². The predicted octanol–water partition coefficient (Wildman–Crippen LogP) is 2.93. The second-order valence-corrected chi connectivity index (χ2v) is 4.02. The Balaban J connectivity index is 2.40. The van der Waals surface area contributed by atoms with Crippen molar-refractivity contribution < 1.29 is 4.79 Å². The number of allylic oxidation sites excluding steroid dienone is 1. The van der Waals surface area contributed by atoms with Crippen LogP contribution in [0.3, 0.4) is 0 Å². The van der Waals surface area contributed by atoms with Crippen LogP contribution < -0.4 is 0 Å². The van der Waals surface area contributed by atoms with Crippen LogP contribution in [0.15, 0.2) is 28.7 Å². The number of benzene rings is 1. The van der Waals surface area contributed by atoms with E-state index in [-0.39, 0.29) is 0 Å². The summed E-state index contributed by atoms with van der Waals surface area (Å²) >= 11 is 3.39. The number of nitrogens with zero attached hydrogens (tertiary/aromatic N) is 1. The standard InChI is InChI=1S/C11H9BrN2O/c12-8-4-5-9-10(3-1-2-6-15)13-14-11(9)7-8/h1,3-7H,2H2,(H,13,14). The Morgan fingerprint density at radius 1 is 1.47 bits per heavy atom. The molecule has 1 aromatic heterocycles. The molecule has 1 aromatic carbocycles. The number of hydrogen-bond donors (Lipinski definition) is 1. The van der Waals surface area contributed by atoms with E-state index in [9.17, 15) is 4.79 Å². The summed E-state index contributed by atoms with van der Waals surface area (Å²) in [6.45, 7) is 0. The van der Waals surface area contributed by atoms with Crippen molar-refractivity contribution in [2.45, 2.75) is 6.42 Å². The number of halogens is 1. The Labute approximate surface area is 95.3 Å². The molecule has 0 aliphatic heterocycles. The molecule has 0 radical (unpaired) electrons. The van der Waals surface area contributed by atoms with E-state index in [0.29, 0.717) is 6.42 Å². The SMILES string of the molecule is O=CCC=Cc1n[nH]c2cc(Br)ccc12. The molecule has 0 aliphatic rings. The molecule has 15 heavy (non-hydrogen) atoms. The molecule has 0 spiro atoms. The van der Waals surface area contributed by atoms with Crippen LogP contribution >= 0.6 is 15.9 Å². The summed E-state index contributed by atoms with van der Waals surface area (Å²) in [5.41, 5.74) is 1.84. The third-order valence-corrected chi connectivity index (χ3v) is 2.56. The normalized spacial score (nSPS) is 11.3. The third-order valence-electron chi connectivity index (χ3n) is 2.06. The molecule has 1 N–H and O–H groups in total. The number of rotatable bonds is 3. The molecule has 0 saturated carbocycles. The zero-order chi connectivity index (χ0) is 10.7. The van der Waals surface area contributed by atoms with E-state index in [4.69, 9.17) is 0 Å². The zero-order valence-electron chi connectivity index (χ0n) is 7.90. The minimum absolute atomic E-state index is 0.422. The van der Waals surface area contributed by atoms with E-state index in [0.717, 1.165) is 27.4 Å². The summed E-state index contributed by atoms with van der Waals surface area (Å²) in [6, 6.07) is 5.93. The van der Waals surface area contributed by atoms with E-state index >= 15 is 0 Å². The first-order valence-electron chi connectivity index (χ1n) is 4.55. The number of aldehydes is 1. The minimum Gasteiger partial charge on any atom is -0.303 e. The summed E-state index contributed by atoms with van der Waals surface area (Å²) in [5, 5.41) is 8.15. The topological polar surface area (TPSA) is 45.8 Å². The lowest BCUT2D eigenvalue weighted by molar-refractivity contribution is -0.107. The maximum atomic E-state index is 10.2. The highest BCUT2D eigenvalue weighted by atomic mass is 79.9. The molecule has 1 heterocycles. The number of hydrogen-bond acceptors (Lipinski definition) is 2. The summed E-state index contributed by atoms with van der Waals surface area (Å²) in [4.78, 5) is 10.2. The van der Waals surface area contributed by atoms with E-state index in [1.165, 1.54) is 0 Å². The monoisotopic (exact) mass is 264 g/mol. The molecular weight excluding hydrogens is 256 g/mol. The van der Waals surface area contributed by atoms with E-state index in [1.54, 1.807) is 6.08 Å². The van der Waals surface area contributed by atoms with Crippen LogP contribution in [0.25, 0.3) is 17.0 Å². The number of aromatic nitrogens is 2. The molecule has 0 aliphatic carbocycles. The molecule has 2 rings (SSSR count). The van der Waals surface area contributed by atoms with Gasteiger partial charge in [0.2, 0.25) is 0 Å². The minimum atomic E-state index is 0.422. The number of carbonyl (C=O) groups is 1. The van der Waals surface area contributed by atoms with Crippen molar-refractivity contribution in [3.63, 3.8) is 0 Å². The highest BCUT2D eigenvalue weighted by Crippen LogP contribution is 2.21.